The van der Waals surface area contributed by atoms with Crippen LogP contribution >= 0.6 is 0 Å². The SMILES string of the molecule is CCOc1ccc(NCCn2cccn2)cc1OCC. The number of benzene rings is 1. The van der Waals surface area contributed by atoms with Crippen LogP contribution in [0.15, 0.2) is 36.7 Å². The largest absolute Gasteiger partial charge is 0.490 e. The lowest BCUT2D eigenvalue weighted by Crippen LogP contribution is -2.11. The highest BCUT2D eigenvalue weighted by Crippen LogP contribution is 2.30. The van der Waals surface area contributed by atoms with Crippen LogP contribution in [0.5, 0.6) is 11.5 Å². The van der Waals surface area contributed by atoms with Gasteiger partial charge in [0.25, 0.3) is 0 Å². The highest BCUT2D eigenvalue weighted by atomic mass is 16.5. The van der Waals surface area contributed by atoms with Gasteiger partial charge in [0.2, 0.25) is 0 Å². The lowest BCUT2D eigenvalue weighted by atomic mass is 10.2. The van der Waals surface area contributed by atoms with Gasteiger partial charge in [0, 0.05) is 30.7 Å². The van der Waals surface area contributed by atoms with Gasteiger partial charge in [-0.25, -0.2) is 0 Å². The molecule has 1 aromatic carbocycles. The minimum Gasteiger partial charge on any atom is -0.490 e. The zero-order valence-corrected chi connectivity index (χ0v) is 12.0. The molecule has 0 aliphatic carbocycles. The topological polar surface area (TPSA) is 48.3 Å². The van der Waals surface area contributed by atoms with Crippen LogP contribution in [0.25, 0.3) is 0 Å². The van der Waals surface area contributed by atoms with Gasteiger partial charge in [0.15, 0.2) is 11.5 Å². The molecule has 0 aliphatic heterocycles. The molecule has 0 bridgehead atoms. The zero-order chi connectivity index (χ0) is 14.2. The van der Waals surface area contributed by atoms with E-state index in [9.17, 15) is 0 Å². The molecule has 0 spiro atoms. The molecule has 2 aromatic rings. The molecule has 0 unspecified atom stereocenters. The van der Waals surface area contributed by atoms with E-state index in [0.29, 0.717) is 13.2 Å². The Hall–Kier alpha value is -2.17. The first kappa shape index (κ1) is 14.2. The fourth-order valence-electron chi connectivity index (χ4n) is 1.91. The Kier molecular flexibility index (Phi) is 5.29. The third-order valence-corrected chi connectivity index (χ3v) is 2.77. The van der Waals surface area contributed by atoms with Crippen LogP contribution in [0.1, 0.15) is 13.8 Å². The van der Waals surface area contributed by atoms with Crippen LogP contribution < -0.4 is 14.8 Å². The van der Waals surface area contributed by atoms with Crippen molar-refractivity contribution in [3.05, 3.63) is 36.7 Å². The van der Waals surface area contributed by atoms with E-state index in [1.54, 1.807) is 6.20 Å². The van der Waals surface area contributed by atoms with Gasteiger partial charge >= 0.3 is 0 Å². The first-order valence-electron chi connectivity index (χ1n) is 6.94. The summed E-state index contributed by atoms with van der Waals surface area (Å²) in [6.07, 6.45) is 3.73. The van der Waals surface area contributed by atoms with E-state index in [1.807, 2.05) is 49.0 Å². The van der Waals surface area contributed by atoms with Gasteiger partial charge in [0.05, 0.1) is 19.8 Å². The molecule has 20 heavy (non-hydrogen) atoms. The molecule has 5 heteroatoms. The molecule has 108 valence electrons. The highest BCUT2D eigenvalue weighted by molar-refractivity contribution is 5.54. The Morgan fingerprint density at radius 1 is 1.15 bits per heavy atom. The van der Waals surface area contributed by atoms with Crippen LogP contribution in [0.4, 0.5) is 5.69 Å². The van der Waals surface area contributed by atoms with Crippen molar-refractivity contribution >= 4 is 5.69 Å². The summed E-state index contributed by atoms with van der Waals surface area (Å²) in [4.78, 5) is 0. The Labute approximate surface area is 119 Å². The number of rotatable bonds is 8. The predicted octanol–water partition coefficient (Wildman–Crippen LogP) is 2.79. The summed E-state index contributed by atoms with van der Waals surface area (Å²) in [6, 6.07) is 7.82. The second-order valence-electron chi connectivity index (χ2n) is 4.22. The Bertz CT molecular complexity index is 512. The van der Waals surface area contributed by atoms with E-state index < -0.39 is 0 Å². The third kappa shape index (κ3) is 3.91. The molecule has 0 radical (unpaired) electrons. The third-order valence-electron chi connectivity index (χ3n) is 2.77. The number of nitrogens with zero attached hydrogens (tertiary/aromatic N) is 2. The maximum absolute atomic E-state index is 5.60. The normalized spacial score (nSPS) is 10.3. The van der Waals surface area contributed by atoms with Crippen molar-refractivity contribution in [2.24, 2.45) is 0 Å². The number of nitrogens with one attached hydrogen (secondary N) is 1. The number of ether oxygens (including phenoxy) is 2. The van der Waals surface area contributed by atoms with Crippen molar-refractivity contribution in [3.8, 4) is 11.5 Å². The zero-order valence-electron chi connectivity index (χ0n) is 12.0. The van der Waals surface area contributed by atoms with Crippen LogP contribution in [-0.2, 0) is 6.54 Å². The molecular weight excluding hydrogens is 254 g/mol. The summed E-state index contributed by atoms with van der Waals surface area (Å²) in [7, 11) is 0. The van der Waals surface area contributed by atoms with Gasteiger partial charge in [-0.1, -0.05) is 0 Å². The van der Waals surface area contributed by atoms with Gasteiger partial charge < -0.3 is 14.8 Å². The van der Waals surface area contributed by atoms with Crippen molar-refractivity contribution in [1.29, 1.82) is 0 Å². The monoisotopic (exact) mass is 275 g/mol. The summed E-state index contributed by atoms with van der Waals surface area (Å²) in [6.45, 7) is 6.81. The summed E-state index contributed by atoms with van der Waals surface area (Å²) in [5, 5.41) is 7.52. The van der Waals surface area contributed by atoms with E-state index in [4.69, 9.17) is 9.47 Å². The van der Waals surface area contributed by atoms with Gasteiger partial charge in [-0.2, -0.15) is 5.10 Å². The molecule has 0 atom stereocenters. The summed E-state index contributed by atoms with van der Waals surface area (Å²) in [5.41, 5.74) is 1.02. The van der Waals surface area contributed by atoms with E-state index in [-0.39, 0.29) is 0 Å². The fourth-order valence-corrected chi connectivity index (χ4v) is 1.91. The van der Waals surface area contributed by atoms with Crippen molar-refractivity contribution < 1.29 is 9.47 Å². The van der Waals surface area contributed by atoms with Gasteiger partial charge in [-0.3, -0.25) is 4.68 Å². The second kappa shape index (κ2) is 7.43. The maximum atomic E-state index is 5.60. The number of anilines is 1. The molecule has 0 amide bonds. The standard InChI is InChI=1S/C15H21N3O2/c1-3-19-14-7-6-13(12-15(14)20-4-2)16-9-11-18-10-5-8-17-18/h5-8,10,12,16H,3-4,9,11H2,1-2H3. The molecule has 0 fully saturated rings. The van der Waals surface area contributed by atoms with Crippen LogP contribution in [0, 0.1) is 0 Å². The molecule has 1 aromatic heterocycles. The van der Waals surface area contributed by atoms with Crippen LogP contribution in [0.3, 0.4) is 0 Å². The lowest BCUT2D eigenvalue weighted by Gasteiger charge is -2.13. The van der Waals surface area contributed by atoms with Crippen LogP contribution in [0.2, 0.25) is 0 Å². The average Bonchev–Trinajstić information content (AvgIpc) is 2.95. The van der Waals surface area contributed by atoms with E-state index in [1.165, 1.54) is 0 Å². The number of aromatic nitrogens is 2. The first-order valence-corrected chi connectivity index (χ1v) is 6.94. The Morgan fingerprint density at radius 3 is 2.65 bits per heavy atom. The van der Waals surface area contributed by atoms with Gasteiger partial charge in [-0.15, -0.1) is 0 Å². The smallest absolute Gasteiger partial charge is 0.163 e. The van der Waals surface area contributed by atoms with Crippen LogP contribution in [-0.4, -0.2) is 29.5 Å². The molecule has 0 saturated carbocycles. The highest BCUT2D eigenvalue weighted by Gasteiger charge is 2.05. The minimum atomic E-state index is 0.622. The van der Waals surface area contributed by atoms with E-state index in [2.05, 4.69) is 10.4 Å². The molecule has 2 rings (SSSR count). The number of hydrogen-bond donors (Lipinski definition) is 1. The van der Waals surface area contributed by atoms with Crippen molar-refractivity contribution in [2.75, 3.05) is 25.1 Å². The summed E-state index contributed by atoms with van der Waals surface area (Å²) < 4.78 is 13.0. The number of hydrogen-bond acceptors (Lipinski definition) is 4. The fraction of sp³-hybridized carbons (Fsp3) is 0.400. The predicted molar refractivity (Wildman–Crippen MR) is 79.5 cm³/mol. The Morgan fingerprint density at radius 2 is 1.95 bits per heavy atom. The van der Waals surface area contributed by atoms with Gasteiger partial charge in [0.1, 0.15) is 0 Å². The van der Waals surface area contributed by atoms with Crippen molar-refractivity contribution in [1.82, 2.24) is 9.78 Å². The van der Waals surface area contributed by atoms with Crippen molar-refractivity contribution in [2.45, 2.75) is 20.4 Å². The lowest BCUT2D eigenvalue weighted by molar-refractivity contribution is 0.288. The quantitative estimate of drug-likeness (QED) is 0.805. The second-order valence-corrected chi connectivity index (χ2v) is 4.22. The summed E-state index contributed by atoms with van der Waals surface area (Å²) in [5.74, 6) is 1.56. The van der Waals surface area contributed by atoms with Gasteiger partial charge in [-0.05, 0) is 32.0 Å². The van der Waals surface area contributed by atoms with Crippen molar-refractivity contribution in [3.63, 3.8) is 0 Å². The molecule has 1 N–H and O–H groups in total. The summed E-state index contributed by atoms with van der Waals surface area (Å²) >= 11 is 0. The molecular formula is C15H21N3O2. The average molecular weight is 275 g/mol. The molecule has 0 aliphatic rings. The first-order chi connectivity index (χ1) is 9.83. The maximum Gasteiger partial charge on any atom is 0.163 e. The molecule has 1 heterocycles. The molecule has 5 nitrogen and oxygen atoms in total. The Balaban J connectivity index is 1.95. The molecule has 0 saturated heterocycles. The minimum absolute atomic E-state index is 0.622. The van der Waals surface area contributed by atoms with E-state index >= 15 is 0 Å². The van der Waals surface area contributed by atoms with E-state index in [0.717, 1.165) is 30.3 Å².